The summed E-state index contributed by atoms with van der Waals surface area (Å²) in [5.74, 6) is 0.871. The fraction of sp³-hybridized carbons (Fsp3) is 0.261. The Morgan fingerprint density at radius 2 is 2.12 bits per heavy atom. The van der Waals surface area contributed by atoms with Gasteiger partial charge in [-0.15, -0.1) is 0 Å². The Kier molecular flexibility index (Phi) is 6.64. The number of benzene rings is 1. The Bertz CT molecular complexity index is 1170. The minimum absolute atomic E-state index is 0.00930. The molecule has 1 fully saturated rings. The molecule has 0 bridgehead atoms. The standard InChI is InChI=1S/C23H22N4O5S/c1-31-20(28)9-5-13-26-22(21(25-23(26)33)17-8-2-3-12-24-17)19-11-10-18(32-19)15-6-4-7-16(14-15)27(29)30/h2-4,6-8,10-12,14,21-22H,5,9,13H2,1H3,(H,25,33)/t21-,22+/m0/s1. The van der Waals surface area contributed by atoms with E-state index in [1.807, 2.05) is 29.2 Å². The molecule has 1 aromatic carbocycles. The van der Waals surface area contributed by atoms with Crippen molar-refractivity contribution in [1.82, 2.24) is 15.2 Å². The Balaban J connectivity index is 1.66. The Hall–Kier alpha value is -3.79. The van der Waals surface area contributed by atoms with Crippen LogP contribution in [0.25, 0.3) is 11.3 Å². The van der Waals surface area contributed by atoms with Crippen molar-refractivity contribution >= 4 is 29.0 Å². The molecule has 0 aliphatic carbocycles. The number of thiocarbonyl (C=S) groups is 1. The van der Waals surface area contributed by atoms with Gasteiger partial charge < -0.3 is 19.4 Å². The lowest BCUT2D eigenvalue weighted by atomic mass is 10.0. The zero-order chi connectivity index (χ0) is 23.4. The lowest BCUT2D eigenvalue weighted by Gasteiger charge is -2.25. The van der Waals surface area contributed by atoms with Gasteiger partial charge in [-0.25, -0.2) is 0 Å². The fourth-order valence-corrected chi connectivity index (χ4v) is 4.22. The van der Waals surface area contributed by atoms with E-state index < -0.39 is 4.92 Å². The molecule has 1 N–H and O–H groups in total. The number of nitro groups is 1. The van der Waals surface area contributed by atoms with Crippen LogP contribution in [0.2, 0.25) is 0 Å². The molecular weight excluding hydrogens is 444 g/mol. The number of carbonyl (C=O) groups excluding carboxylic acids is 1. The topological polar surface area (TPSA) is 111 Å². The van der Waals surface area contributed by atoms with Crippen molar-refractivity contribution < 1.29 is 18.9 Å². The summed E-state index contributed by atoms with van der Waals surface area (Å²) in [6, 6.07) is 15.0. The monoisotopic (exact) mass is 466 g/mol. The second-order valence-electron chi connectivity index (χ2n) is 7.51. The maximum absolute atomic E-state index is 11.6. The van der Waals surface area contributed by atoms with E-state index in [-0.39, 0.29) is 30.2 Å². The highest BCUT2D eigenvalue weighted by atomic mass is 32.1. The first kappa shape index (κ1) is 22.4. The van der Waals surface area contributed by atoms with Crippen molar-refractivity contribution in [2.24, 2.45) is 0 Å². The van der Waals surface area contributed by atoms with Crippen LogP contribution in [0, 0.1) is 10.1 Å². The van der Waals surface area contributed by atoms with E-state index in [0.29, 0.717) is 35.2 Å². The molecule has 1 aliphatic heterocycles. The highest BCUT2D eigenvalue weighted by Gasteiger charge is 2.41. The summed E-state index contributed by atoms with van der Waals surface area (Å²) in [4.78, 5) is 28.8. The van der Waals surface area contributed by atoms with Gasteiger partial charge in [0.25, 0.3) is 5.69 Å². The maximum atomic E-state index is 11.6. The summed E-state index contributed by atoms with van der Waals surface area (Å²) in [5.41, 5.74) is 1.40. The number of nitrogens with zero attached hydrogens (tertiary/aromatic N) is 3. The first-order chi connectivity index (χ1) is 16.0. The summed E-state index contributed by atoms with van der Waals surface area (Å²) < 4.78 is 10.9. The predicted molar refractivity (Wildman–Crippen MR) is 124 cm³/mol. The summed E-state index contributed by atoms with van der Waals surface area (Å²) in [6.45, 7) is 0.516. The summed E-state index contributed by atoms with van der Waals surface area (Å²) in [6.07, 6.45) is 2.54. The van der Waals surface area contributed by atoms with Crippen molar-refractivity contribution in [3.63, 3.8) is 0 Å². The largest absolute Gasteiger partial charge is 0.469 e. The van der Waals surface area contributed by atoms with Crippen LogP contribution in [0.15, 0.2) is 65.2 Å². The summed E-state index contributed by atoms with van der Waals surface area (Å²) in [7, 11) is 1.36. The number of hydrogen-bond donors (Lipinski definition) is 1. The molecule has 2 atom stereocenters. The molecular formula is C23H22N4O5S. The van der Waals surface area contributed by atoms with Crippen LogP contribution in [0.4, 0.5) is 5.69 Å². The highest BCUT2D eigenvalue weighted by Crippen LogP contribution is 2.40. The van der Waals surface area contributed by atoms with Gasteiger partial charge in [0.05, 0.1) is 23.8 Å². The van der Waals surface area contributed by atoms with Crippen LogP contribution in [-0.2, 0) is 9.53 Å². The van der Waals surface area contributed by atoms with E-state index in [4.69, 9.17) is 21.4 Å². The number of nitrogens with one attached hydrogen (secondary N) is 1. The third-order valence-electron chi connectivity index (χ3n) is 5.47. The summed E-state index contributed by atoms with van der Waals surface area (Å²) in [5, 5.41) is 15.0. The first-order valence-electron chi connectivity index (χ1n) is 10.4. The number of methoxy groups -OCH3 is 1. The van der Waals surface area contributed by atoms with Crippen molar-refractivity contribution in [3.05, 3.63) is 82.4 Å². The molecule has 4 rings (SSSR count). The van der Waals surface area contributed by atoms with E-state index >= 15 is 0 Å². The smallest absolute Gasteiger partial charge is 0.305 e. The fourth-order valence-electron chi connectivity index (χ4n) is 3.89. The van der Waals surface area contributed by atoms with E-state index in [9.17, 15) is 14.9 Å². The zero-order valence-corrected chi connectivity index (χ0v) is 18.7. The molecule has 0 spiro atoms. The van der Waals surface area contributed by atoms with Crippen molar-refractivity contribution in [2.45, 2.75) is 24.9 Å². The molecule has 9 nitrogen and oxygen atoms in total. The van der Waals surface area contributed by atoms with Crippen LogP contribution in [0.3, 0.4) is 0 Å². The lowest BCUT2D eigenvalue weighted by molar-refractivity contribution is -0.384. The van der Waals surface area contributed by atoms with Crippen LogP contribution >= 0.6 is 12.2 Å². The molecule has 2 aromatic heterocycles. The minimum atomic E-state index is -0.438. The quantitative estimate of drug-likeness (QED) is 0.226. The van der Waals surface area contributed by atoms with Crippen LogP contribution in [0.1, 0.15) is 36.4 Å². The number of pyridine rings is 1. The molecule has 33 heavy (non-hydrogen) atoms. The van der Waals surface area contributed by atoms with Crippen LogP contribution < -0.4 is 5.32 Å². The van der Waals surface area contributed by atoms with Gasteiger partial charge >= 0.3 is 5.97 Å². The van der Waals surface area contributed by atoms with E-state index in [1.165, 1.54) is 19.2 Å². The number of hydrogen-bond acceptors (Lipinski definition) is 7. The third kappa shape index (κ3) is 4.85. The Morgan fingerprint density at radius 3 is 2.85 bits per heavy atom. The lowest BCUT2D eigenvalue weighted by Crippen LogP contribution is -2.30. The average molecular weight is 467 g/mol. The van der Waals surface area contributed by atoms with E-state index in [2.05, 4.69) is 10.3 Å². The maximum Gasteiger partial charge on any atom is 0.305 e. The number of carbonyl (C=O) groups is 1. The molecule has 1 saturated heterocycles. The Morgan fingerprint density at radius 1 is 1.27 bits per heavy atom. The van der Waals surface area contributed by atoms with Crippen LogP contribution in [-0.4, -0.2) is 39.5 Å². The molecule has 0 amide bonds. The second kappa shape index (κ2) is 9.78. The first-order valence-corrected chi connectivity index (χ1v) is 10.8. The number of ether oxygens (including phenoxy) is 1. The summed E-state index contributed by atoms with van der Waals surface area (Å²) >= 11 is 5.60. The minimum Gasteiger partial charge on any atom is -0.469 e. The molecule has 0 radical (unpaired) electrons. The highest BCUT2D eigenvalue weighted by molar-refractivity contribution is 7.80. The number of esters is 1. The van der Waals surface area contributed by atoms with Gasteiger partial charge in [-0.1, -0.05) is 18.2 Å². The number of rotatable bonds is 8. The van der Waals surface area contributed by atoms with Crippen molar-refractivity contribution in [2.75, 3.05) is 13.7 Å². The van der Waals surface area contributed by atoms with Gasteiger partial charge in [0.1, 0.15) is 17.6 Å². The van der Waals surface area contributed by atoms with Gasteiger partial charge in [-0.2, -0.15) is 0 Å². The molecule has 3 aromatic rings. The average Bonchev–Trinajstić information content (AvgIpc) is 3.44. The van der Waals surface area contributed by atoms with Crippen LogP contribution in [0.5, 0.6) is 0 Å². The normalized spacial score (nSPS) is 17.6. The van der Waals surface area contributed by atoms with Gasteiger partial charge in [-0.05, 0) is 42.9 Å². The van der Waals surface area contributed by atoms with Gasteiger partial charge in [-0.3, -0.25) is 19.9 Å². The van der Waals surface area contributed by atoms with Gasteiger partial charge in [0.2, 0.25) is 0 Å². The van der Waals surface area contributed by atoms with Crippen molar-refractivity contribution in [3.8, 4) is 11.3 Å². The zero-order valence-electron chi connectivity index (χ0n) is 17.8. The van der Waals surface area contributed by atoms with E-state index in [1.54, 1.807) is 24.4 Å². The van der Waals surface area contributed by atoms with E-state index in [0.717, 1.165) is 5.69 Å². The number of non-ortho nitro benzene ring substituents is 1. The number of furan rings is 1. The van der Waals surface area contributed by atoms with Crippen molar-refractivity contribution in [1.29, 1.82) is 0 Å². The molecule has 3 heterocycles. The van der Waals surface area contributed by atoms with Gasteiger partial charge in [0.15, 0.2) is 5.11 Å². The van der Waals surface area contributed by atoms with Gasteiger partial charge in [0, 0.05) is 36.9 Å². The molecule has 0 saturated carbocycles. The number of aromatic nitrogens is 1. The predicted octanol–water partition coefficient (Wildman–Crippen LogP) is 4.18. The molecule has 170 valence electrons. The second-order valence-corrected chi connectivity index (χ2v) is 7.90. The molecule has 10 heteroatoms. The molecule has 0 unspecified atom stereocenters. The Labute approximate surface area is 195 Å². The molecule has 1 aliphatic rings. The number of nitro benzene ring substituents is 1. The third-order valence-corrected chi connectivity index (χ3v) is 5.82. The SMILES string of the molecule is COC(=O)CCCN1C(=S)N[C@@H](c2ccccn2)[C@H]1c1ccc(-c2cccc([N+](=O)[O-])c2)o1.